The summed E-state index contributed by atoms with van der Waals surface area (Å²) in [6, 6.07) is 10.3. The summed E-state index contributed by atoms with van der Waals surface area (Å²) in [5.74, 6) is 0.905. The highest BCUT2D eigenvalue weighted by Gasteiger charge is 2.31. The molecule has 1 saturated heterocycles. The van der Waals surface area contributed by atoms with E-state index in [1.807, 2.05) is 6.92 Å². The van der Waals surface area contributed by atoms with Crippen LogP contribution in [0.4, 0.5) is 22.1 Å². The Kier molecular flexibility index (Phi) is 8.97. The zero-order valence-electron chi connectivity index (χ0n) is 25.7. The third-order valence-electron chi connectivity index (χ3n) is 6.72. The molecule has 0 unspecified atom stereocenters. The number of tetrazole rings is 1. The topological polar surface area (TPSA) is 170 Å². The number of amides is 2. The molecule has 45 heavy (non-hydrogen) atoms. The Bertz CT molecular complexity index is 1640. The van der Waals surface area contributed by atoms with E-state index in [4.69, 9.17) is 14.2 Å². The first-order valence-electron chi connectivity index (χ1n) is 14.3. The molecular formula is C30H35N9O6. The molecule has 2 aromatic carbocycles. The van der Waals surface area contributed by atoms with E-state index in [-0.39, 0.29) is 24.3 Å². The number of aromatic hydroxyl groups is 1. The molecule has 0 bridgehead atoms. The molecule has 15 heteroatoms. The number of piperazine rings is 1. The summed E-state index contributed by atoms with van der Waals surface area (Å²) < 4.78 is 18.5. The lowest BCUT2D eigenvalue weighted by Gasteiger charge is -2.35. The van der Waals surface area contributed by atoms with Crippen LogP contribution >= 0.6 is 0 Å². The predicted molar refractivity (Wildman–Crippen MR) is 163 cm³/mol. The average molecular weight is 618 g/mol. The van der Waals surface area contributed by atoms with Gasteiger partial charge in [0.1, 0.15) is 30.3 Å². The molecule has 0 radical (unpaired) electrons. The first kappa shape index (κ1) is 31.0. The number of rotatable bonds is 9. The van der Waals surface area contributed by atoms with Gasteiger partial charge in [0.05, 0.1) is 19.3 Å². The van der Waals surface area contributed by atoms with Gasteiger partial charge in [-0.15, -0.1) is 5.10 Å². The minimum Gasteiger partial charge on any atom is -0.504 e. The van der Waals surface area contributed by atoms with Gasteiger partial charge < -0.3 is 29.5 Å². The van der Waals surface area contributed by atoms with Crippen molar-refractivity contribution in [3.63, 3.8) is 0 Å². The second kappa shape index (κ2) is 13.0. The summed E-state index contributed by atoms with van der Waals surface area (Å²) in [7, 11) is 1.53. The molecule has 1 atom stereocenters. The fourth-order valence-electron chi connectivity index (χ4n) is 4.61. The summed E-state index contributed by atoms with van der Waals surface area (Å²) in [5.41, 5.74) is 2.07. The minimum absolute atomic E-state index is 0.00341. The quantitative estimate of drug-likeness (QED) is 0.280. The first-order chi connectivity index (χ1) is 21.5. The van der Waals surface area contributed by atoms with E-state index in [1.165, 1.54) is 18.3 Å². The number of benzene rings is 2. The zero-order chi connectivity index (χ0) is 32.1. The lowest BCUT2D eigenvalue weighted by atomic mass is 10.1. The summed E-state index contributed by atoms with van der Waals surface area (Å²) in [6.07, 6.45) is 3.98. The van der Waals surface area contributed by atoms with Crippen LogP contribution < -0.4 is 19.7 Å². The lowest BCUT2D eigenvalue weighted by Crippen LogP contribution is -2.53. The van der Waals surface area contributed by atoms with Gasteiger partial charge in [-0.05, 0) is 68.0 Å². The molecule has 2 N–H and O–H groups in total. The zero-order valence-corrected chi connectivity index (χ0v) is 25.7. The first-order valence-corrected chi connectivity index (χ1v) is 14.3. The maximum Gasteiger partial charge on any atom is 0.410 e. The molecule has 1 fully saturated rings. The number of nitrogens with zero attached hydrogens (tertiary/aromatic N) is 8. The molecule has 2 amide bonds. The Morgan fingerprint density at radius 1 is 1.07 bits per heavy atom. The second-order valence-electron chi connectivity index (χ2n) is 11.4. The number of ether oxygens (including phenoxy) is 3. The van der Waals surface area contributed by atoms with Gasteiger partial charge in [0.15, 0.2) is 11.5 Å². The largest absolute Gasteiger partial charge is 0.504 e. The van der Waals surface area contributed by atoms with Crippen LogP contribution in [-0.4, -0.2) is 90.6 Å². The van der Waals surface area contributed by atoms with Crippen LogP contribution in [0.2, 0.25) is 0 Å². The second-order valence-corrected chi connectivity index (χ2v) is 11.4. The number of carbonyl (C=O) groups excluding carboxylic acids is 2. The van der Waals surface area contributed by atoms with Gasteiger partial charge in [0.2, 0.25) is 11.9 Å². The fourth-order valence-corrected chi connectivity index (χ4v) is 4.61. The number of carbonyl (C=O) groups is 2. The molecule has 2 aromatic heterocycles. The Morgan fingerprint density at radius 3 is 2.51 bits per heavy atom. The standard InChI is InChI=1S/C30H35N9O6/c1-19(16-38-18-33-35-36-38)44-26-12-20(6-9-24(26)40)21-14-31-28(32-15-21)34-23-8-7-22(13-25(23)43-5)39-11-10-37(17-27(39)41)29(42)45-30(2,3)4/h6-9,12-15,18-19,40H,10-11,16-17H2,1-5H3,(H,31,32,34)/t19-/m0/s1. The van der Waals surface area contributed by atoms with E-state index >= 15 is 0 Å². The number of phenols is 1. The molecule has 0 aliphatic carbocycles. The van der Waals surface area contributed by atoms with Crippen molar-refractivity contribution in [1.82, 2.24) is 35.1 Å². The fraction of sp³-hybridized carbons (Fsp3) is 0.367. The van der Waals surface area contributed by atoms with E-state index in [1.54, 1.807) is 79.1 Å². The highest BCUT2D eigenvalue weighted by molar-refractivity contribution is 5.97. The van der Waals surface area contributed by atoms with Crippen LogP contribution in [0.25, 0.3) is 11.1 Å². The molecule has 1 aliphatic rings. The normalized spacial score (nSPS) is 14.2. The molecule has 0 spiro atoms. The highest BCUT2D eigenvalue weighted by atomic mass is 16.6. The summed E-state index contributed by atoms with van der Waals surface area (Å²) in [4.78, 5) is 37.2. The number of nitrogens with one attached hydrogen (secondary N) is 1. The lowest BCUT2D eigenvalue weighted by molar-refractivity contribution is -0.121. The van der Waals surface area contributed by atoms with Crippen LogP contribution in [-0.2, 0) is 16.1 Å². The van der Waals surface area contributed by atoms with E-state index in [9.17, 15) is 14.7 Å². The summed E-state index contributed by atoms with van der Waals surface area (Å²) in [6.45, 7) is 8.21. The van der Waals surface area contributed by atoms with Crippen molar-refractivity contribution in [3.05, 3.63) is 55.1 Å². The van der Waals surface area contributed by atoms with Crippen LogP contribution in [0.3, 0.4) is 0 Å². The van der Waals surface area contributed by atoms with Gasteiger partial charge in [-0.3, -0.25) is 9.69 Å². The minimum atomic E-state index is -0.640. The van der Waals surface area contributed by atoms with Gasteiger partial charge in [-0.1, -0.05) is 6.07 Å². The van der Waals surface area contributed by atoms with Crippen molar-refractivity contribution in [2.75, 3.05) is 37.0 Å². The van der Waals surface area contributed by atoms with Crippen LogP contribution in [0.15, 0.2) is 55.1 Å². The van der Waals surface area contributed by atoms with E-state index in [2.05, 4.69) is 30.8 Å². The predicted octanol–water partition coefficient (Wildman–Crippen LogP) is 3.64. The van der Waals surface area contributed by atoms with Gasteiger partial charge in [-0.2, -0.15) is 0 Å². The monoisotopic (exact) mass is 617 g/mol. The number of anilines is 3. The van der Waals surface area contributed by atoms with Crippen LogP contribution in [0, 0.1) is 0 Å². The van der Waals surface area contributed by atoms with Crippen molar-refractivity contribution in [2.24, 2.45) is 0 Å². The molecule has 1 aliphatic heterocycles. The molecule has 15 nitrogen and oxygen atoms in total. The Labute approximate surface area is 259 Å². The molecule has 0 saturated carbocycles. The smallest absolute Gasteiger partial charge is 0.410 e. The van der Waals surface area contributed by atoms with Crippen LogP contribution in [0.5, 0.6) is 17.2 Å². The van der Waals surface area contributed by atoms with Crippen LogP contribution in [0.1, 0.15) is 27.7 Å². The van der Waals surface area contributed by atoms with Gasteiger partial charge in [0, 0.05) is 42.8 Å². The van der Waals surface area contributed by atoms with Crippen molar-refractivity contribution >= 4 is 29.3 Å². The highest BCUT2D eigenvalue weighted by Crippen LogP contribution is 2.34. The maximum absolute atomic E-state index is 12.9. The molecule has 3 heterocycles. The number of hydrogen-bond donors (Lipinski definition) is 2. The van der Waals surface area contributed by atoms with Gasteiger partial charge in [-0.25, -0.2) is 19.4 Å². The molecule has 4 aromatic rings. The van der Waals surface area contributed by atoms with E-state index < -0.39 is 11.7 Å². The van der Waals surface area contributed by atoms with E-state index in [0.29, 0.717) is 54.0 Å². The van der Waals surface area contributed by atoms with Crippen molar-refractivity contribution < 1.29 is 28.9 Å². The SMILES string of the molecule is COc1cc(N2CCN(C(=O)OC(C)(C)C)CC2=O)ccc1Nc1ncc(-c2ccc(O)c(O[C@@H](C)Cn3cnnn3)c2)cn1. The Morgan fingerprint density at radius 2 is 1.84 bits per heavy atom. The van der Waals surface area contributed by atoms with Crippen molar-refractivity contribution in [2.45, 2.75) is 45.9 Å². The third-order valence-corrected chi connectivity index (χ3v) is 6.72. The molecule has 5 rings (SSSR count). The number of aromatic nitrogens is 6. The van der Waals surface area contributed by atoms with Gasteiger partial charge in [0.25, 0.3) is 0 Å². The van der Waals surface area contributed by atoms with Crippen molar-refractivity contribution in [1.29, 1.82) is 0 Å². The summed E-state index contributed by atoms with van der Waals surface area (Å²) >= 11 is 0. The number of hydrogen-bond acceptors (Lipinski definition) is 12. The third kappa shape index (κ3) is 7.74. The Balaban J connectivity index is 1.23. The maximum atomic E-state index is 12.9. The van der Waals surface area contributed by atoms with Crippen molar-refractivity contribution in [3.8, 4) is 28.4 Å². The van der Waals surface area contributed by atoms with E-state index in [0.717, 1.165) is 5.56 Å². The Hall–Kier alpha value is -5.47. The number of phenolic OH excluding ortho intramolecular Hbond substituents is 1. The van der Waals surface area contributed by atoms with Gasteiger partial charge >= 0.3 is 6.09 Å². The molecule has 236 valence electrons. The summed E-state index contributed by atoms with van der Waals surface area (Å²) in [5, 5.41) is 24.5. The molecular weight excluding hydrogens is 582 g/mol. The average Bonchev–Trinajstić information content (AvgIpc) is 3.51. The number of methoxy groups -OCH3 is 1.